The molecule has 1 aromatic rings. The molecule has 9 heteroatoms. The van der Waals surface area contributed by atoms with Gasteiger partial charge < -0.3 is 24.2 Å². The molecule has 3 rings (SSSR count). The van der Waals surface area contributed by atoms with Crippen molar-refractivity contribution >= 4 is 17.8 Å². The second-order valence-electron chi connectivity index (χ2n) is 8.52. The Labute approximate surface area is 194 Å². The molecule has 0 bridgehead atoms. The number of nitrogens with one attached hydrogen (secondary N) is 1. The van der Waals surface area contributed by atoms with Crippen molar-refractivity contribution in [2.24, 2.45) is 5.92 Å². The van der Waals surface area contributed by atoms with Gasteiger partial charge in [0.25, 0.3) is 0 Å². The van der Waals surface area contributed by atoms with Crippen LogP contribution in [-0.4, -0.2) is 78.6 Å². The zero-order chi connectivity index (χ0) is 23.8. The molecule has 4 atom stereocenters. The lowest BCUT2D eigenvalue weighted by Crippen LogP contribution is -2.53. The minimum atomic E-state index is -1.06. The molecule has 2 heterocycles. The average Bonchev–Trinajstić information content (AvgIpc) is 3.28. The lowest BCUT2D eigenvalue weighted by Gasteiger charge is -2.29. The van der Waals surface area contributed by atoms with Crippen molar-refractivity contribution in [1.82, 2.24) is 10.2 Å². The van der Waals surface area contributed by atoms with Gasteiger partial charge in [-0.15, -0.1) is 0 Å². The standard InChI is InChI=1S/C24H34N2O7/c1-3-31-23(30)19(11-10-17-8-5-4-6-9-17)25-16(2)21(27)26-15-18(14-20(26)22(28)29)24-32-12-7-13-33-24/h4-6,8-9,16,18-20,24-25H,3,7,10-15H2,1-2H3,(H,28,29)/t16-,18-,19-,20+/m0/s1. The number of aryl methyl sites for hydroxylation is 1. The molecule has 1 amide bonds. The molecule has 0 saturated carbocycles. The van der Waals surface area contributed by atoms with Crippen LogP contribution in [0.1, 0.15) is 38.7 Å². The van der Waals surface area contributed by atoms with Crippen LogP contribution in [0.5, 0.6) is 0 Å². The van der Waals surface area contributed by atoms with E-state index in [0.717, 1.165) is 12.0 Å². The van der Waals surface area contributed by atoms with Gasteiger partial charge in [0, 0.05) is 12.5 Å². The number of carboxylic acid groups (broad SMARTS) is 1. The lowest BCUT2D eigenvalue weighted by atomic mass is 10.0. The van der Waals surface area contributed by atoms with Crippen LogP contribution in [0.15, 0.2) is 30.3 Å². The van der Waals surface area contributed by atoms with E-state index in [-0.39, 0.29) is 31.4 Å². The van der Waals surface area contributed by atoms with E-state index in [9.17, 15) is 19.5 Å². The monoisotopic (exact) mass is 462 g/mol. The fourth-order valence-electron chi connectivity index (χ4n) is 4.41. The molecular weight excluding hydrogens is 428 g/mol. The normalized spacial score (nSPS) is 23.2. The molecule has 2 N–H and O–H groups in total. The van der Waals surface area contributed by atoms with E-state index in [1.165, 1.54) is 4.90 Å². The van der Waals surface area contributed by atoms with Crippen molar-refractivity contribution in [1.29, 1.82) is 0 Å². The van der Waals surface area contributed by atoms with E-state index in [2.05, 4.69) is 5.32 Å². The first-order valence-electron chi connectivity index (χ1n) is 11.6. The molecule has 0 spiro atoms. The number of carbonyl (C=O) groups is 3. The third kappa shape index (κ3) is 6.75. The van der Waals surface area contributed by atoms with Gasteiger partial charge in [-0.1, -0.05) is 30.3 Å². The van der Waals surface area contributed by atoms with Crippen LogP contribution in [0, 0.1) is 5.92 Å². The number of nitrogens with zero attached hydrogens (tertiary/aromatic N) is 1. The summed E-state index contributed by atoms with van der Waals surface area (Å²) >= 11 is 0. The van der Waals surface area contributed by atoms with Crippen LogP contribution in [0.2, 0.25) is 0 Å². The summed E-state index contributed by atoms with van der Waals surface area (Å²) in [6.07, 6.45) is 1.66. The topological polar surface area (TPSA) is 114 Å². The summed E-state index contributed by atoms with van der Waals surface area (Å²) in [7, 11) is 0. The zero-order valence-electron chi connectivity index (χ0n) is 19.3. The van der Waals surface area contributed by atoms with Crippen LogP contribution < -0.4 is 5.32 Å². The molecule has 2 aliphatic heterocycles. The molecule has 2 saturated heterocycles. The molecular formula is C24H34N2O7. The Morgan fingerprint density at radius 1 is 1.21 bits per heavy atom. The Hall–Kier alpha value is -2.49. The Morgan fingerprint density at radius 3 is 2.55 bits per heavy atom. The number of hydrogen-bond acceptors (Lipinski definition) is 7. The van der Waals surface area contributed by atoms with Gasteiger partial charge in [0.1, 0.15) is 12.1 Å². The van der Waals surface area contributed by atoms with Gasteiger partial charge in [-0.2, -0.15) is 0 Å². The van der Waals surface area contributed by atoms with E-state index >= 15 is 0 Å². The number of amides is 1. The first kappa shape index (κ1) is 25.1. The van der Waals surface area contributed by atoms with E-state index < -0.39 is 36.4 Å². The minimum absolute atomic E-state index is 0.207. The number of benzene rings is 1. The second-order valence-corrected chi connectivity index (χ2v) is 8.52. The quantitative estimate of drug-likeness (QED) is 0.504. The maximum Gasteiger partial charge on any atom is 0.326 e. The van der Waals surface area contributed by atoms with Gasteiger partial charge in [0.2, 0.25) is 5.91 Å². The summed E-state index contributed by atoms with van der Waals surface area (Å²) in [6.45, 7) is 4.98. The molecule has 2 fully saturated rings. The highest BCUT2D eigenvalue weighted by Crippen LogP contribution is 2.30. The number of aliphatic carboxylic acids is 1. The Morgan fingerprint density at radius 2 is 1.91 bits per heavy atom. The molecule has 1 aromatic carbocycles. The highest BCUT2D eigenvalue weighted by atomic mass is 16.7. The Balaban J connectivity index is 1.65. The molecule has 0 radical (unpaired) electrons. The summed E-state index contributed by atoms with van der Waals surface area (Å²) in [6, 6.07) is 7.36. The molecule has 182 valence electrons. The number of ether oxygens (including phenoxy) is 3. The number of carboxylic acids is 1. The van der Waals surface area contributed by atoms with E-state index in [0.29, 0.717) is 26.1 Å². The molecule has 2 aliphatic rings. The van der Waals surface area contributed by atoms with Crippen LogP contribution in [-0.2, 0) is 35.0 Å². The highest BCUT2D eigenvalue weighted by Gasteiger charge is 2.45. The van der Waals surface area contributed by atoms with E-state index in [4.69, 9.17) is 14.2 Å². The molecule has 0 unspecified atom stereocenters. The van der Waals surface area contributed by atoms with Crippen LogP contribution in [0.25, 0.3) is 0 Å². The molecule has 0 aromatic heterocycles. The summed E-state index contributed by atoms with van der Waals surface area (Å²) in [5.41, 5.74) is 1.08. The zero-order valence-corrected chi connectivity index (χ0v) is 19.3. The highest BCUT2D eigenvalue weighted by molar-refractivity contribution is 5.88. The number of esters is 1. The predicted molar refractivity (Wildman–Crippen MR) is 119 cm³/mol. The third-order valence-electron chi connectivity index (χ3n) is 6.10. The maximum absolute atomic E-state index is 13.2. The van der Waals surface area contributed by atoms with Gasteiger partial charge >= 0.3 is 11.9 Å². The fourth-order valence-corrected chi connectivity index (χ4v) is 4.41. The smallest absolute Gasteiger partial charge is 0.326 e. The fraction of sp³-hybridized carbons (Fsp3) is 0.625. The number of rotatable bonds is 10. The van der Waals surface area contributed by atoms with Crippen molar-refractivity contribution in [3.63, 3.8) is 0 Å². The molecule has 33 heavy (non-hydrogen) atoms. The minimum Gasteiger partial charge on any atom is -0.480 e. The van der Waals surface area contributed by atoms with Crippen molar-refractivity contribution in [3.8, 4) is 0 Å². The van der Waals surface area contributed by atoms with Crippen molar-refractivity contribution < 1.29 is 33.7 Å². The summed E-state index contributed by atoms with van der Waals surface area (Å²) in [5, 5.41) is 12.8. The van der Waals surface area contributed by atoms with Crippen molar-refractivity contribution in [2.75, 3.05) is 26.4 Å². The number of carbonyl (C=O) groups excluding carboxylic acids is 2. The third-order valence-corrected chi connectivity index (χ3v) is 6.10. The average molecular weight is 463 g/mol. The molecule has 0 aliphatic carbocycles. The number of hydrogen-bond donors (Lipinski definition) is 2. The SMILES string of the molecule is CCOC(=O)[C@H](CCc1ccccc1)N[C@@H](C)C(=O)N1C[C@@H](C2OCCCO2)C[C@@H]1C(=O)O. The summed E-state index contributed by atoms with van der Waals surface area (Å²) in [5.74, 6) is -2.05. The lowest BCUT2D eigenvalue weighted by molar-refractivity contribution is -0.202. The Kier molecular flexibility index (Phi) is 9.22. The summed E-state index contributed by atoms with van der Waals surface area (Å²) < 4.78 is 16.5. The van der Waals surface area contributed by atoms with Crippen LogP contribution in [0.3, 0.4) is 0 Å². The second kappa shape index (κ2) is 12.1. The van der Waals surface area contributed by atoms with Gasteiger partial charge in [0.15, 0.2) is 6.29 Å². The first-order chi connectivity index (χ1) is 15.9. The van der Waals surface area contributed by atoms with E-state index in [1.54, 1.807) is 13.8 Å². The molecule has 9 nitrogen and oxygen atoms in total. The van der Waals surface area contributed by atoms with Crippen molar-refractivity contribution in [3.05, 3.63) is 35.9 Å². The van der Waals surface area contributed by atoms with Gasteiger partial charge in [-0.3, -0.25) is 14.9 Å². The van der Waals surface area contributed by atoms with Gasteiger partial charge in [-0.05, 0) is 45.1 Å². The van der Waals surface area contributed by atoms with Gasteiger partial charge in [-0.25, -0.2) is 4.79 Å². The first-order valence-corrected chi connectivity index (χ1v) is 11.6. The van der Waals surface area contributed by atoms with Crippen molar-refractivity contribution in [2.45, 2.75) is 63.9 Å². The number of likely N-dealkylation sites (tertiary alicyclic amines) is 1. The van der Waals surface area contributed by atoms with Crippen LogP contribution >= 0.6 is 0 Å². The maximum atomic E-state index is 13.2. The van der Waals surface area contributed by atoms with Gasteiger partial charge in [0.05, 0.1) is 25.9 Å². The van der Waals surface area contributed by atoms with Crippen LogP contribution in [0.4, 0.5) is 0 Å². The summed E-state index contributed by atoms with van der Waals surface area (Å²) in [4.78, 5) is 39.0. The predicted octanol–water partition coefficient (Wildman–Crippen LogP) is 1.59. The van der Waals surface area contributed by atoms with E-state index in [1.807, 2.05) is 30.3 Å². The Bertz CT molecular complexity index is 797. The largest absolute Gasteiger partial charge is 0.480 e.